The molecule has 25 heavy (non-hydrogen) atoms. The van der Waals surface area contributed by atoms with E-state index in [1.54, 1.807) is 48.8 Å². The molecule has 2 aromatic rings. The third kappa shape index (κ3) is 4.63. The van der Waals surface area contributed by atoms with E-state index in [9.17, 15) is 8.42 Å². The minimum absolute atomic E-state index is 0.0461. The summed E-state index contributed by atoms with van der Waals surface area (Å²) in [7, 11) is -3.45. The van der Waals surface area contributed by atoms with Crippen LogP contribution in [0.3, 0.4) is 0 Å². The highest BCUT2D eigenvalue weighted by Crippen LogP contribution is 2.19. The maximum Gasteiger partial charge on any atom is 0.309 e. The highest BCUT2D eigenvalue weighted by molar-refractivity contribution is 7.90. The lowest BCUT2D eigenvalue weighted by Gasteiger charge is -2.09. The Bertz CT molecular complexity index is 938. The molecule has 0 unspecified atom stereocenters. The molecule has 0 radical (unpaired) electrons. The molecular formula is C19H19N3O2S. The first-order valence-corrected chi connectivity index (χ1v) is 9.65. The van der Waals surface area contributed by atoms with E-state index in [-0.39, 0.29) is 16.3 Å². The molecule has 0 aliphatic carbocycles. The van der Waals surface area contributed by atoms with E-state index < -0.39 is 9.84 Å². The standard InChI is InChI=1S/C19H19N3O2S/c1-2-3-7-16-14-22(18(12-20)13-21)11-10-17(16)15-25(23,24)19-8-5-4-6-9-19/h4-6,8-11,14H,2-3,7,15H2,1H3. The van der Waals surface area contributed by atoms with Crippen molar-refractivity contribution in [1.82, 2.24) is 0 Å². The second-order valence-electron chi connectivity index (χ2n) is 5.65. The van der Waals surface area contributed by atoms with Crippen LogP contribution in [0.4, 0.5) is 0 Å². The van der Waals surface area contributed by atoms with Crippen molar-refractivity contribution < 1.29 is 13.0 Å². The van der Waals surface area contributed by atoms with E-state index in [0.29, 0.717) is 12.0 Å². The fourth-order valence-electron chi connectivity index (χ4n) is 2.50. The number of aryl methyl sites for hydroxylation is 1. The fourth-order valence-corrected chi connectivity index (χ4v) is 3.93. The lowest BCUT2D eigenvalue weighted by Crippen LogP contribution is -2.32. The van der Waals surface area contributed by atoms with E-state index in [1.807, 2.05) is 11.9 Å². The Morgan fingerprint density at radius 2 is 1.92 bits per heavy atom. The number of rotatable bonds is 7. The number of aromatic nitrogens is 1. The van der Waals surface area contributed by atoms with E-state index in [1.165, 1.54) is 4.57 Å². The van der Waals surface area contributed by atoms with Crippen LogP contribution in [-0.2, 0) is 22.0 Å². The number of nitriles is 1. The van der Waals surface area contributed by atoms with Crippen LogP contribution in [0.15, 0.2) is 53.7 Å². The predicted octanol–water partition coefficient (Wildman–Crippen LogP) is 2.89. The van der Waals surface area contributed by atoms with Gasteiger partial charge in [-0.3, -0.25) is 0 Å². The molecule has 1 heterocycles. The van der Waals surface area contributed by atoms with Crippen LogP contribution in [0.2, 0.25) is 0 Å². The Labute approximate surface area is 148 Å². The van der Waals surface area contributed by atoms with Crippen LogP contribution < -0.4 is 4.57 Å². The number of sulfone groups is 1. The first-order valence-electron chi connectivity index (χ1n) is 8.00. The van der Waals surface area contributed by atoms with Crippen LogP contribution in [0.5, 0.6) is 0 Å². The molecule has 128 valence electrons. The number of unbranched alkanes of at least 4 members (excludes halogenated alkanes) is 1. The summed E-state index contributed by atoms with van der Waals surface area (Å²) in [6.45, 7) is 2.06. The van der Waals surface area contributed by atoms with Gasteiger partial charge in [0.2, 0.25) is 0 Å². The Balaban J connectivity index is 2.43. The summed E-state index contributed by atoms with van der Waals surface area (Å²) in [5, 5.41) is 18.0. The van der Waals surface area contributed by atoms with Gasteiger partial charge in [0.05, 0.1) is 10.6 Å². The SMILES string of the molecule is CCCCc1c[n+](C(=C=[N-])C#N)ccc1CS(=O)(=O)c1ccccc1. The second-order valence-corrected chi connectivity index (χ2v) is 7.64. The van der Waals surface area contributed by atoms with Crippen LogP contribution in [0, 0.1) is 11.3 Å². The lowest BCUT2D eigenvalue weighted by molar-refractivity contribution is -0.576. The fraction of sp³-hybridized carbons (Fsp3) is 0.263. The molecule has 5 nitrogen and oxygen atoms in total. The van der Waals surface area contributed by atoms with E-state index in [4.69, 9.17) is 10.7 Å². The van der Waals surface area contributed by atoms with Gasteiger partial charge in [-0.25, -0.2) is 8.42 Å². The summed E-state index contributed by atoms with van der Waals surface area (Å²) < 4.78 is 26.7. The van der Waals surface area contributed by atoms with Crippen molar-refractivity contribution in [2.24, 2.45) is 0 Å². The molecule has 6 heteroatoms. The van der Waals surface area contributed by atoms with E-state index in [2.05, 4.69) is 6.92 Å². The maximum absolute atomic E-state index is 12.6. The molecule has 0 saturated heterocycles. The monoisotopic (exact) mass is 353 g/mol. The van der Waals surface area contributed by atoms with Crippen LogP contribution in [-0.4, -0.2) is 14.3 Å². The molecule has 1 aromatic carbocycles. The van der Waals surface area contributed by atoms with Gasteiger partial charge in [0.1, 0.15) is 0 Å². The zero-order chi connectivity index (χ0) is 18.3. The van der Waals surface area contributed by atoms with Crippen LogP contribution in [0.1, 0.15) is 30.9 Å². The van der Waals surface area contributed by atoms with Gasteiger partial charge in [0.25, 0.3) is 0 Å². The zero-order valence-electron chi connectivity index (χ0n) is 14.0. The Hall–Kier alpha value is -2.74. The van der Waals surface area contributed by atoms with Gasteiger partial charge in [-0.05, 0) is 30.5 Å². The molecule has 0 aliphatic heterocycles. The minimum Gasteiger partial charge on any atom is -0.757 e. The molecule has 0 saturated carbocycles. The zero-order valence-corrected chi connectivity index (χ0v) is 14.8. The molecule has 0 aliphatic rings. The Morgan fingerprint density at radius 3 is 2.52 bits per heavy atom. The van der Waals surface area contributed by atoms with Gasteiger partial charge < -0.3 is 5.41 Å². The van der Waals surface area contributed by atoms with Gasteiger partial charge in [0.15, 0.2) is 28.3 Å². The van der Waals surface area contributed by atoms with Crippen molar-refractivity contribution in [3.63, 3.8) is 0 Å². The van der Waals surface area contributed by atoms with Crippen molar-refractivity contribution in [1.29, 1.82) is 5.26 Å². The molecule has 1 aromatic heterocycles. The average molecular weight is 353 g/mol. The van der Waals surface area contributed by atoms with Crippen molar-refractivity contribution >= 4 is 21.4 Å². The van der Waals surface area contributed by atoms with E-state index >= 15 is 0 Å². The van der Waals surface area contributed by atoms with Gasteiger partial charge in [-0.15, -0.1) is 0 Å². The molecule has 0 N–H and O–H groups in total. The molecule has 0 bridgehead atoms. The number of hydrogen-bond donors (Lipinski definition) is 0. The number of allylic oxidation sites excluding steroid dienone is 1. The van der Waals surface area contributed by atoms with Gasteiger partial charge in [0, 0.05) is 11.6 Å². The molecule has 0 fully saturated rings. The maximum atomic E-state index is 12.6. The molecule has 0 spiro atoms. The Kier molecular flexibility index (Phi) is 6.24. The third-order valence-electron chi connectivity index (χ3n) is 3.86. The number of hydrogen-bond acceptors (Lipinski definition) is 3. The third-order valence-corrected chi connectivity index (χ3v) is 5.54. The molecule has 0 amide bonds. The summed E-state index contributed by atoms with van der Waals surface area (Å²) in [5.74, 6) is 1.74. The first kappa shape index (κ1) is 18.6. The summed E-state index contributed by atoms with van der Waals surface area (Å²) >= 11 is 0. The minimum atomic E-state index is -3.45. The average Bonchev–Trinajstić information content (AvgIpc) is 2.63. The van der Waals surface area contributed by atoms with Crippen molar-refractivity contribution in [2.75, 3.05) is 0 Å². The quantitative estimate of drug-likeness (QED) is 0.436. The normalized spacial score (nSPS) is 10.7. The highest BCUT2D eigenvalue weighted by atomic mass is 32.2. The topological polar surface area (TPSA) is 84.1 Å². The van der Waals surface area contributed by atoms with Crippen molar-refractivity contribution in [3.05, 3.63) is 65.3 Å². The Morgan fingerprint density at radius 1 is 1.20 bits per heavy atom. The van der Waals surface area contributed by atoms with Crippen LogP contribution >= 0.6 is 0 Å². The van der Waals surface area contributed by atoms with Crippen molar-refractivity contribution in [2.45, 2.75) is 36.8 Å². The van der Waals surface area contributed by atoms with Gasteiger partial charge in [-0.1, -0.05) is 31.5 Å². The highest BCUT2D eigenvalue weighted by Gasteiger charge is 2.20. The molecular weight excluding hydrogens is 334 g/mol. The van der Waals surface area contributed by atoms with Gasteiger partial charge in [-0.2, -0.15) is 15.7 Å². The van der Waals surface area contributed by atoms with E-state index in [0.717, 1.165) is 18.4 Å². The molecule has 2 rings (SSSR count). The lowest BCUT2D eigenvalue weighted by atomic mass is 10.1. The summed E-state index contributed by atoms with van der Waals surface area (Å²) in [6.07, 6.45) is 5.81. The summed E-state index contributed by atoms with van der Waals surface area (Å²) in [6, 6.07) is 11.9. The van der Waals surface area contributed by atoms with Crippen molar-refractivity contribution in [3.8, 4) is 6.07 Å². The smallest absolute Gasteiger partial charge is 0.309 e. The number of nitrogens with zero attached hydrogens (tertiary/aromatic N) is 3. The predicted molar refractivity (Wildman–Crippen MR) is 96.3 cm³/mol. The van der Waals surface area contributed by atoms with Gasteiger partial charge >= 0.3 is 5.70 Å². The summed E-state index contributed by atoms with van der Waals surface area (Å²) in [4.78, 5) is 0.287. The van der Waals surface area contributed by atoms with Crippen LogP contribution in [0.25, 0.3) is 11.1 Å². The summed E-state index contributed by atoms with van der Waals surface area (Å²) in [5.41, 5.74) is 1.49. The number of benzene rings is 1. The largest absolute Gasteiger partial charge is 0.757 e. The first-order chi connectivity index (χ1) is 12.0. The number of pyridine rings is 1. The molecule has 0 atom stereocenters. The second kappa shape index (κ2) is 8.39.